The van der Waals surface area contributed by atoms with E-state index in [4.69, 9.17) is 27.9 Å². The van der Waals surface area contributed by atoms with E-state index < -0.39 is 28.5 Å². The van der Waals surface area contributed by atoms with Crippen molar-refractivity contribution in [1.82, 2.24) is 10.2 Å². The van der Waals surface area contributed by atoms with E-state index >= 15 is 0 Å². The monoisotopic (exact) mass is 619 g/mol. The van der Waals surface area contributed by atoms with Crippen molar-refractivity contribution in [1.29, 1.82) is 0 Å². The molecule has 2 atom stereocenters. The highest BCUT2D eigenvalue weighted by Gasteiger charge is 2.35. The van der Waals surface area contributed by atoms with Crippen LogP contribution in [-0.4, -0.2) is 50.9 Å². The average Bonchev–Trinajstić information content (AvgIpc) is 2.97. The first-order valence-corrected chi connectivity index (χ1v) is 15.5. The average molecular weight is 621 g/mol. The molecule has 0 aliphatic rings. The predicted octanol–water partition coefficient (Wildman–Crippen LogP) is 5.92. The lowest BCUT2D eigenvalue weighted by molar-refractivity contribution is -0.140. The number of benzene rings is 3. The summed E-state index contributed by atoms with van der Waals surface area (Å²) in [4.78, 5) is 28.9. The van der Waals surface area contributed by atoms with Crippen molar-refractivity contribution >= 4 is 50.7 Å². The number of methoxy groups -OCH3 is 1. The first kappa shape index (κ1) is 32.2. The Kier molecular flexibility index (Phi) is 11.5. The van der Waals surface area contributed by atoms with Crippen LogP contribution in [0.15, 0.2) is 77.7 Å². The van der Waals surface area contributed by atoms with Gasteiger partial charge in [-0.05, 0) is 61.7 Å². The van der Waals surface area contributed by atoms with Crippen LogP contribution >= 0.6 is 23.2 Å². The number of halogens is 2. The van der Waals surface area contributed by atoms with Crippen molar-refractivity contribution in [2.45, 2.75) is 57.1 Å². The summed E-state index contributed by atoms with van der Waals surface area (Å²) in [5, 5.41) is 3.70. The maximum Gasteiger partial charge on any atom is 0.264 e. The van der Waals surface area contributed by atoms with Crippen LogP contribution in [0.4, 0.5) is 5.69 Å². The van der Waals surface area contributed by atoms with Crippen LogP contribution in [0.1, 0.15) is 39.2 Å². The van der Waals surface area contributed by atoms with Crippen LogP contribution in [0.3, 0.4) is 0 Å². The summed E-state index contributed by atoms with van der Waals surface area (Å²) >= 11 is 12.5. The lowest BCUT2D eigenvalue weighted by Crippen LogP contribution is -2.53. The highest BCUT2D eigenvalue weighted by Crippen LogP contribution is 2.33. The second-order valence-corrected chi connectivity index (χ2v) is 12.2. The summed E-state index contributed by atoms with van der Waals surface area (Å²) in [6.45, 7) is 5.00. The number of nitrogens with one attached hydrogen (secondary N) is 1. The second kappa shape index (κ2) is 14.6. The zero-order valence-electron chi connectivity index (χ0n) is 23.5. The van der Waals surface area contributed by atoms with Gasteiger partial charge in [-0.15, -0.1) is 0 Å². The summed E-state index contributed by atoms with van der Waals surface area (Å²) in [6.07, 6.45) is 0.995. The number of sulfonamides is 1. The molecule has 0 unspecified atom stereocenters. The van der Waals surface area contributed by atoms with Crippen molar-refractivity contribution in [2.75, 3.05) is 18.0 Å². The van der Waals surface area contributed by atoms with E-state index in [0.717, 1.165) is 4.31 Å². The van der Waals surface area contributed by atoms with Gasteiger partial charge in [0.25, 0.3) is 10.0 Å². The molecule has 0 spiro atoms. The number of carbonyl (C=O) groups is 2. The summed E-state index contributed by atoms with van der Waals surface area (Å²) < 4.78 is 34.4. The van der Waals surface area contributed by atoms with Crippen molar-refractivity contribution in [3.05, 3.63) is 88.4 Å². The zero-order valence-corrected chi connectivity index (χ0v) is 25.8. The van der Waals surface area contributed by atoms with E-state index in [2.05, 4.69) is 5.32 Å². The Bertz CT molecular complexity index is 1450. The van der Waals surface area contributed by atoms with Gasteiger partial charge in [-0.25, -0.2) is 8.42 Å². The molecule has 2 amide bonds. The van der Waals surface area contributed by atoms with Gasteiger partial charge >= 0.3 is 0 Å². The van der Waals surface area contributed by atoms with Gasteiger partial charge < -0.3 is 15.0 Å². The molecule has 3 aromatic carbocycles. The minimum Gasteiger partial charge on any atom is -0.495 e. The molecular weight excluding hydrogens is 585 g/mol. The molecule has 1 N–H and O–H groups in total. The molecule has 41 heavy (non-hydrogen) atoms. The molecular formula is C30H35Cl2N3O5S. The van der Waals surface area contributed by atoms with E-state index in [9.17, 15) is 18.0 Å². The Labute approximate surface area is 252 Å². The third kappa shape index (κ3) is 7.93. The molecule has 3 aromatic rings. The number of hydrogen-bond acceptors (Lipinski definition) is 5. The largest absolute Gasteiger partial charge is 0.495 e. The van der Waals surface area contributed by atoms with Gasteiger partial charge in [-0.3, -0.25) is 13.9 Å². The normalized spacial score (nSPS) is 12.7. The summed E-state index contributed by atoms with van der Waals surface area (Å²) in [5.41, 5.74) is 0.753. The van der Waals surface area contributed by atoms with Crippen molar-refractivity contribution in [2.24, 2.45) is 0 Å². The van der Waals surface area contributed by atoms with E-state index in [1.807, 2.05) is 13.8 Å². The molecule has 0 heterocycles. The summed E-state index contributed by atoms with van der Waals surface area (Å²) in [5.74, 6) is -0.656. The number of rotatable bonds is 13. The van der Waals surface area contributed by atoms with Crippen LogP contribution in [0.2, 0.25) is 10.0 Å². The molecule has 3 rings (SSSR count). The molecule has 220 valence electrons. The fourth-order valence-corrected chi connectivity index (χ4v) is 6.18. The molecule has 0 saturated carbocycles. The van der Waals surface area contributed by atoms with Crippen LogP contribution in [0.25, 0.3) is 0 Å². The fraction of sp³-hybridized carbons (Fsp3) is 0.333. The molecule has 0 aliphatic carbocycles. The lowest BCUT2D eigenvalue weighted by Gasteiger charge is -2.34. The van der Waals surface area contributed by atoms with Gasteiger partial charge in [0.15, 0.2) is 0 Å². The third-order valence-corrected chi connectivity index (χ3v) is 9.07. The number of amides is 2. The SMILES string of the molecule is CC[C@@H](C)NC(=O)[C@@H](CC)N(Cc1ccc(Cl)cc1Cl)C(=O)CN(c1ccccc1OC)S(=O)(=O)c1ccccc1. The van der Waals surface area contributed by atoms with Gasteiger partial charge in [-0.2, -0.15) is 0 Å². The smallest absolute Gasteiger partial charge is 0.264 e. The molecule has 0 fully saturated rings. The number of carbonyl (C=O) groups excluding carboxylic acids is 2. The summed E-state index contributed by atoms with van der Waals surface area (Å²) in [7, 11) is -2.79. The number of ether oxygens (including phenoxy) is 1. The number of hydrogen-bond donors (Lipinski definition) is 1. The van der Waals surface area contributed by atoms with Crippen LogP contribution in [-0.2, 0) is 26.2 Å². The number of nitrogens with zero attached hydrogens (tertiary/aromatic N) is 2. The van der Waals surface area contributed by atoms with Crippen LogP contribution in [0.5, 0.6) is 5.75 Å². The predicted molar refractivity (Wildman–Crippen MR) is 163 cm³/mol. The first-order chi connectivity index (χ1) is 19.5. The Morgan fingerprint density at radius 3 is 2.22 bits per heavy atom. The standard InChI is InChI=1S/C30H35Cl2N3O5S/c1-5-21(3)33-30(37)26(6-2)34(19-22-16-17-23(31)18-25(22)32)29(36)20-35(27-14-10-11-15-28(27)40-4)41(38,39)24-12-8-7-9-13-24/h7-18,21,26H,5-6,19-20H2,1-4H3,(H,33,37)/t21-,26-/m1/s1. The molecule has 0 saturated heterocycles. The fourth-order valence-electron chi connectivity index (χ4n) is 4.26. The van der Waals surface area contributed by atoms with Crippen LogP contribution in [0, 0.1) is 0 Å². The topological polar surface area (TPSA) is 96.0 Å². The van der Waals surface area contributed by atoms with Gasteiger partial charge in [-0.1, -0.05) is 73.4 Å². The van der Waals surface area contributed by atoms with Crippen molar-refractivity contribution in [3.8, 4) is 5.75 Å². The van der Waals surface area contributed by atoms with Gasteiger partial charge in [0.1, 0.15) is 18.3 Å². The zero-order chi connectivity index (χ0) is 30.2. The molecule has 11 heteroatoms. The quantitative estimate of drug-likeness (QED) is 0.256. The molecule has 0 bridgehead atoms. The number of anilines is 1. The highest BCUT2D eigenvalue weighted by molar-refractivity contribution is 7.92. The first-order valence-electron chi connectivity index (χ1n) is 13.3. The van der Waals surface area contributed by atoms with Gasteiger partial charge in [0.05, 0.1) is 17.7 Å². The van der Waals surface area contributed by atoms with Crippen molar-refractivity contribution in [3.63, 3.8) is 0 Å². The second-order valence-electron chi connectivity index (χ2n) is 9.50. The highest BCUT2D eigenvalue weighted by atomic mass is 35.5. The van der Waals surface area contributed by atoms with E-state index in [1.165, 1.54) is 24.1 Å². The van der Waals surface area contributed by atoms with Crippen LogP contribution < -0.4 is 14.4 Å². The Morgan fingerprint density at radius 2 is 1.61 bits per heavy atom. The molecule has 8 nitrogen and oxygen atoms in total. The Balaban J connectivity index is 2.11. The van der Waals surface area contributed by atoms with E-state index in [-0.39, 0.29) is 34.8 Å². The molecule has 0 radical (unpaired) electrons. The van der Waals surface area contributed by atoms with Crippen molar-refractivity contribution < 1.29 is 22.7 Å². The maximum absolute atomic E-state index is 14.2. The van der Waals surface area contributed by atoms with Gasteiger partial charge in [0.2, 0.25) is 11.8 Å². The van der Waals surface area contributed by atoms with Gasteiger partial charge in [0, 0.05) is 22.6 Å². The minimum absolute atomic E-state index is 0.00700. The molecule has 0 aliphatic heterocycles. The maximum atomic E-state index is 14.2. The Hall–Kier alpha value is -3.27. The minimum atomic E-state index is -4.22. The Morgan fingerprint density at radius 1 is 0.951 bits per heavy atom. The lowest BCUT2D eigenvalue weighted by atomic mass is 10.1. The third-order valence-electron chi connectivity index (χ3n) is 6.71. The number of para-hydroxylation sites is 2. The van der Waals surface area contributed by atoms with E-state index in [1.54, 1.807) is 67.6 Å². The summed E-state index contributed by atoms with van der Waals surface area (Å²) in [6, 6.07) is 18.3. The van der Waals surface area contributed by atoms with E-state index in [0.29, 0.717) is 28.5 Å². The molecule has 0 aromatic heterocycles.